The Morgan fingerprint density at radius 3 is 2.24 bits per heavy atom. The van der Waals surface area contributed by atoms with Gasteiger partial charge < -0.3 is 10.1 Å². The van der Waals surface area contributed by atoms with Crippen LogP contribution in [0.5, 0.6) is 0 Å². The number of anilines is 1. The highest BCUT2D eigenvalue weighted by Crippen LogP contribution is 2.17. The predicted molar refractivity (Wildman–Crippen MR) is 85.8 cm³/mol. The molecule has 2 rings (SSSR count). The molecule has 2 aromatic carbocycles. The molecule has 0 aliphatic carbocycles. The number of esters is 1. The lowest BCUT2D eigenvalue weighted by molar-refractivity contribution is 0.0601. The van der Waals surface area contributed by atoms with Gasteiger partial charge in [0.05, 0.1) is 12.7 Å². The fourth-order valence-corrected chi connectivity index (χ4v) is 2.25. The molecule has 0 fully saturated rings. The van der Waals surface area contributed by atoms with Crippen LogP contribution in [0.1, 0.15) is 32.6 Å². The first-order chi connectivity index (χ1) is 10.0. The lowest BCUT2D eigenvalue weighted by atomic mass is 10.0. The van der Waals surface area contributed by atoms with E-state index in [9.17, 15) is 4.79 Å². The van der Waals surface area contributed by atoms with Crippen LogP contribution < -0.4 is 5.32 Å². The number of benzene rings is 2. The van der Waals surface area contributed by atoms with Crippen molar-refractivity contribution < 1.29 is 9.53 Å². The van der Waals surface area contributed by atoms with Gasteiger partial charge in [0.25, 0.3) is 0 Å². The lowest BCUT2D eigenvalue weighted by Gasteiger charge is -2.12. The summed E-state index contributed by atoms with van der Waals surface area (Å²) in [5.41, 5.74) is 6.75. The first-order valence-corrected chi connectivity index (χ1v) is 7.00. The van der Waals surface area contributed by atoms with E-state index in [4.69, 9.17) is 0 Å². The summed E-state index contributed by atoms with van der Waals surface area (Å²) >= 11 is 0. The molecule has 2 aromatic rings. The second-order valence-corrected chi connectivity index (χ2v) is 5.29. The Balaban J connectivity index is 2.06. The third kappa shape index (κ3) is 3.63. The molecule has 3 nitrogen and oxygen atoms in total. The number of carbonyl (C=O) groups excluding carboxylic acids is 1. The molecule has 0 spiro atoms. The number of methoxy groups -OCH3 is 1. The highest BCUT2D eigenvalue weighted by Gasteiger charge is 2.05. The summed E-state index contributed by atoms with van der Waals surface area (Å²) in [4.78, 5) is 11.4. The van der Waals surface area contributed by atoms with E-state index in [1.165, 1.54) is 29.4 Å². The Kier molecular flexibility index (Phi) is 4.63. The number of ether oxygens (including phenoxy) is 1. The van der Waals surface area contributed by atoms with Crippen molar-refractivity contribution in [3.8, 4) is 0 Å². The second-order valence-electron chi connectivity index (χ2n) is 5.29. The molecule has 0 bridgehead atoms. The number of rotatable bonds is 4. The molecule has 0 aliphatic rings. The van der Waals surface area contributed by atoms with Crippen LogP contribution in [0.4, 0.5) is 5.69 Å². The van der Waals surface area contributed by atoms with E-state index in [1.807, 2.05) is 12.1 Å². The largest absolute Gasteiger partial charge is 0.465 e. The minimum atomic E-state index is -0.313. The Bertz CT molecular complexity index is 645. The van der Waals surface area contributed by atoms with Crippen LogP contribution in [0, 0.1) is 20.8 Å². The summed E-state index contributed by atoms with van der Waals surface area (Å²) in [6.07, 6.45) is 0. The Morgan fingerprint density at radius 1 is 1.00 bits per heavy atom. The SMILES string of the molecule is COC(=O)c1ccc(NCc2cc(C)c(C)cc2C)cc1. The topological polar surface area (TPSA) is 38.3 Å². The van der Waals surface area contributed by atoms with E-state index in [0.717, 1.165) is 12.2 Å². The second kappa shape index (κ2) is 6.44. The van der Waals surface area contributed by atoms with Gasteiger partial charge in [0.1, 0.15) is 0 Å². The highest BCUT2D eigenvalue weighted by atomic mass is 16.5. The van der Waals surface area contributed by atoms with E-state index in [2.05, 4.69) is 43.0 Å². The minimum absolute atomic E-state index is 0.313. The third-order valence-corrected chi connectivity index (χ3v) is 3.74. The van der Waals surface area contributed by atoms with Crippen LogP contribution in [0.3, 0.4) is 0 Å². The summed E-state index contributed by atoms with van der Waals surface area (Å²) in [6.45, 7) is 7.16. The maximum atomic E-state index is 11.4. The van der Waals surface area contributed by atoms with Gasteiger partial charge in [0.15, 0.2) is 0 Å². The van der Waals surface area contributed by atoms with Crippen molar-refractivity contribution in [1.29, 1.82) is 0 Å². The fourth-order valence-electron chi connectivity index (χ4n) is 2.25. The maximum absolute atomic E-state index is 11.4. The minimum Gasteiger partial charge on any atom is -0.465 e. The standard InChI is InChI=1S/C18H21NO2/c1-12-9-14(3)16(10-13(12)2)11-19-17-7-5-15(6-8-17)18(20)21-4/h5-10,19H,11H2,1-4H3. The molecule has 110 valence electrons. The third-order valence-electron chi connectivity index (χ3n) is 3.74. The fraction of sp³-hybridized carbons (Fsp3) is 0.278. The van der Waals surface area contributed by atoms with Crippen molar-refractivity contribution in [2.45, 2.75) is 27.3 Å². The van der Waals surface area contributed by atoms with E-state index in [-0.39, 0.29) is 5.97 Å². The lowest BCUT2D eigenvalue weighted by Crippen LogP contribution is -2.04. The average molecular weight is 283 g/mol. The summed E-state index contributed by atoms with van der Waals surface area (Å²) in [6, 6.07) is 11.8. The number of aryl methyl sites for hydroxylation is 3. The molecule has 0 saturated heterocycles. The van der Waals surface area contributed by atoms with E-state index in [0.29, 0.717) is 5.56 Å². The summed E-state index contributed by atoms with van der Waals surface area (Å²) < 4.78 is 4.69. The van der Waals surface area contributed by atoms with Crippen molar-refractivity contribution in [2.75, 3.05) is 12.4 Å². The maximum Gasteiger partial charge on any atom is 0.337 e. The zero-order chi connectivity index (χ0) is 15.4. The first-order valence-electron chi connectivity index (χ1n) is 7.00. The van der Waals surface area contributed by atoms with E-state index < -0.39 is 0 Å². The monoisotopic (exact) mass is 283 g/mol. The number of hydrogen-bond donors (Lipinski definition) is 1. The highest BCUT2D eigenvalue weighted by molar-refractivity contribution is 5.89. The van der Waals surface area contributed by atoms with Gasteiger partial charge in [0, 0.05) is 12.2 Å². The van der Waals surface area contributed by atoms with Crippen molar-refractivity contribution in [3.63, 3.8) is 0 Å². The molecular formula is C18H21NO2. The zero-order valence-electron chi connectivity index (χ0n) is 13.0. The van der Waals surface area contributed by atoms with Crippen LogP contribution >= 0.6 is 0 Å². The molecule has 1 N–H and O–H groups in total. The van der Waals surface area contributed by atoms with E-state index >= 15 is 0 Å². The van der Waals surface area contributed by atoms with Gasteiger partial charge in [-0.15, -0.1) is 0 Å². The molecule has 0 aliphatic heterocycles. The van der Waals surface area contributed by atoms with Gasteiger partial charge in [-0.3, -0.25) is 0 Å². The van der Waals surface area contributed by atoms with Gasteiger partial charge in [-0.25, -0.2) is 4.79 Å². The molecule has 0 saturated carbocycles. The number of carbonyl (C=O) groups is 1. The Labute approximate surface area is 126 Å². The summed E-state index contributed by atoms with van der Waals surface area (Å²) in [7, 11) is 1.39. The first kappa shape index (κ1) is 15.1. The van der Waals surface area contributed by atoms with Crippen molar-refractivity contribution in [1.82, 2.24) is 0 Å². The molecule has 0 atom stereocenters. The number of nitrogens with one attached hydrogen (secondary N) is 1. The van der Waals surface area contributed by atoms with Gasteiger partial charge in [-0.2, -0.15) is 0 Å². The van der Waals surface area contributed by atoms with E-state index in [1.54, 1.807) is 12.1 Å². The van der Waals surface area contributed by atoms with Gasteiger partial charge in [-0.05, 0) is 67.3 Å². The van der Waals surface area contributed by atoms with Crippen LogP contribution in [-0.4, -0.2) is 13.1 Å². The number of hydrogen-bond acceptors (Lipinski definition) is 3. The Hall–Kier alpha value is -2.29. The smallest absolute Gasteiger partial charge is 0.337 e. The van der Waals surface area contributed by atoms with Gasteiger partial charge in [-0.1, -0.05) is 12.1 Å². The predicted octanol–water partition coefficient (Wildman–Crippen LogP) is 4.01. The van der Waals surface area contributed by atoms with Crippen molar-refractivity contribution >= 4 is 11.7 Å². The molecule has 21 heavy (non-hydrogen) atoms. The van der Waals surface area contributed by atoms with Crippen LogP contribution in [-0.2, 0) is 11.3 Å². The zero-order valence-corrected chi connectivity index (χ0v) is 13.0. The van der Waals surface area contributed by atoms with Crippen LogP contribution in [0.15, 0.2) is 36.4 Å². The summed E-state index contributed by atoms with van der Waals surface area (Å²) in [5, 5.41) is 3.38. The van der Waals surface area contributed by atoms with Gasteiger partial charge >= 0.3 is 5.97 Å². The molecule has 0 aromatic heterocycles. The van der Waals surface area contributed by atoms with Gasteiger partial charge in [0.2, 0.25) is 0 Å². The van der Waals surface area contributed by atoms with Crippen LogP contribution in [0.25, 0.3) is 0 Å². The molecule has 3 heteroatoms. The van der Waals surface area contributed by atoms with Crippen molar-refractivity contribution in [3.05, 3.63) is 64.2 Å². The summed E-state index contributed by atoms with van der Waals surface area (Å²) in [5.74, 6) is -0.313. The molecule has 0 amide bonds. The quantitative estimate of drug-likeness (QED) is 0.862. The molecule has 0 heterocycles. The molecule has 0 unspecified atom stereocenters. The normalized spacial score (nSPS) is 10.3. The van der Waals surface area contributed by atoms with Crippen molar-refractivity contribution in [2.24, 2.45) is 0 Å². The average Bonchev–Trinajstić information content (AvgIpc) is 2.49. The molecular weight excluding hydrogens is 262 g/mol. The molecule has 0 radical (unpaired) electrons. The van der Waals surface area contributed by atoms with Crippen LogP contribution in [0.2, 0.25) is 0 Å². The Morgan fingerprint density at radius 2 is 1.62 bits per heavy atom.